The molecule has 1 saturated carbocycles. The number of carboxylic acids is 1. The monoisotopic (exact) mass is 329 g/mol. The first-order valence-corrected chi connectivity index (χ1v) is 7.93. The second-order valence-electron chi connectivity index (χ2n) is 6.07. The van der Waals surface area contributed by atoms with Crippen LogP contribution < -0.4 is 5.32 Å². The van der Waals surface area contributed by atoms with Gasteiger partial charge in [0.1, 0.15) is 12.7 Å². The number of hydrogen-bond acceptors (Lipinski definition) is 5. The van der Waals surface area contributed by atoms with Crippen LogP contribution in [0.5, 0.6) is 0 Å². The van der Waals surface area contributed by atoms with Gasteiger partial charge in [0, 0.05) is 12.7 Å². The Morgan fingerprint density at radius 1 is 1.25 bits per heavy atom. The number of pyridine rings is 1. The normalized spacial score (nSPS) is 16.5. The van der Waals surface area contributed by atoms with Gasteiger partial charge in [-0.05, 0) is 25.0 Å². The maximum absolute atomic E-state index is 12.3. The first-order valence-electron chi connectivity index (χ1n) is 7.93. The molecule has 1 amide bonds. The van der Waals surface area contributed by atoms with E-state index in [9.17, 15) is 14.7 Å². The van der Waals surface area contributed by atoms with Crippen molar-refractivity contribution in [3.8, 4) is 5.82 Å². The molecule has 1 aliphatic carbocycles. The zero-order valence-electron chi connectivity index (χ0n) is 13.2. The number of amides is 1. The van der Waals surface area contributed by atoms with Crippen LogP contribution in [0.4, 0.5) is 0 Å². The van der Waals surface area contributed by atoms with Crippen molar-refractivity contribution in [3.63, 3.8) is 0 Å². The van der Waals surface area contributed by atoms with Gasteiger partial charge in [-0.1, -0.05) is 19.3 Å². The third-order valence-corrected chi connectivity index (χ3v) is 4.52. The number of hydrogen-bond donors (Lipinski definition) is 2. The van der Waals surface area contributed by atoms with Gasteiger partial charge in [-0.3, -0.25) is 9.59 Å². The van der Waals surface area contributed by atoms with Crippen molar-refractivity contribution in [1.29, 1.82) is 0 Å². The van der Waals surface area contributed by atoms with E-state index in [0.717, 1.165) is 19.3 Å². The van der Waals surface area contributed by atoms with E-state index < -0.39 is 11.4 Å². The molecule has 2 aromatic rings. The van der Waals surface area contributed by atoms with Gasteiger partial charge < -0.3 is 10.4 Å². The lowest BCUT2D eigenvalue weighted by Gasteiger charge is -2.33. The summed E-state index contributed by atoms with van der Waals surface area (Å²) < 4.78 is 1.49. The van der Waals surface area contributed by atoms with Crippen LogP contribution in [0.1, 0.15) is 42.5 Å². The molecule has 2 aromatic heterocycles. The number of carbonyl (C=O) groups excluding carboxylic acids is 1. The zero-order valence-corrected chi connectivity index (χ0v) is 13.2. The molecule has 0 atom stereocenters. The molecule has 0 aromatic carbocycles. The van der Waals surface area contributed by atoms with Crippen molar-refractivity contribution >= 4 is 11.9 Å². The van der Waals surface area contributed by atoms with Crippen LogP contribution >= 0.6 is 0 Å². The number of aliphatic carboxylic acids is 1. The van der Waals surface area contributed by atoms with E-state index in [-0.39, 0.29) is 12.5 Å². The van der Waals surface area contributed by atoms with Crippen LogP contribution in [0, 0.1) is 5.41 Å². The highest BCUT2D eigenvalue weighted by Gasteiger charge is 2.39. The fourth-order valence-corrected chi connectivity index (χ4v) is 3.03. The van der Waals surface area contributed by atoms with Gasteiger partial charge in [0.25, 0.3) is 5.91 Å². The van der Waals surface area contributed by atoms with Gasteiger partial charge in [-0.15, -0.1) is 0 Å². The summed E-state index contributed by atoms with van der Waals surface area (Å²) in [7, 11) is 0. The van der Waals surface area contributed by atoms with E-state index in [4.69, 9.17) is 0 Å². The fourth-order valence-electron chi connectivity index (χ4n) is 3.03. The van der Waals surface area contributed by atoms with Crippen LogP contribution in [0.3, 0.4) is 0 Å². The van der Waals surface area contributed by atoms with Gasteiger partial charge in [0.05, 0.1) is 11.0 Å². The quantitative estimate of drug-likeness (QED) is 0.858. The summed E-state index contributed by atoms with van der Waals surface area (Å²) in [6.45, 7) is 0.145. The first kappa shape index (κ1) is 16.1. The molecular formula is C16H19N5O3. The molecule has 0 saturated heterocycles. The minimum Gasteiger partial charge on any atom is -0.481 e. The van der Waals surface area contributed by atoms with Crippen LogP contribution in [0.25, 0.3) is 5.82 Å². The third-order valence-electron chi connectivity index (χ3n) is 4.52. The Labute approximate surface area is 138 Å². The average molecular weight is 329 g/mol. The maximum Gasteiger partial charge on any atom is 0.311 e. The number of carbonyl (C=O) groups is 2. The smallest absolute Gasteiger partial charge is 0.311 e. The summed E-state index contributed by atoms with van der Waals surface area (Å²) in [6.07, 6.45) is 8.39. The fraction of sp³-hybridized carbons (Fsp3) is 0.438. The topological polar surface area (TPSA) is 110 Å². The van der Waals surface area contributed by atoms with Gasteiger partial charge in [-0.2, -0.15) is 5.10 Å². The predicted molar refractivity (Wildman–Crippen MR) is 84.6 cm³/mol. The van der Waals surface area contributed by atoms with Crippen molar-refractivity contribution in [2.75, 3.05) is 6.54 Å². The van der Waals surface area contributed by atoms with E-state index in [1.165, 1.54) is 23.5 Å². The van der Waals surface area contributed by atoms with E-state index in [2.05, 4.69) is 20.4 Å². The standard InChI is InChI=1S/C16H19N5O3/c22-14(19-9-16(15(23)24)6-2-1-3-7-16)12-4-5-13(18-8-12)21-11-17-10-20-21/h4-5,8,10-11H,1-3,6-7,9H2,(H,19,22)(H,23,24). The zero-order chi connectivity index (χ0) is 17.0. The van der Waals surface area contributed by atoms with E-state index in [0.29, 0.717) is 24.2 Å². The van der Waals surface area contributed by atoms with Crippen molar-refractivity contribution in [2.45, 2.75) is 32.1 Å². The minimum atomic E-state index is -0.845. The molecule has 0 aliphatic heterocycles. The van der Waals surface area contributed by atoms with Crippen molar-refractivity contribution in [1.82, 2.24) is 25.1 Å². The van der Waals surface area contributed by atoms with Crippen molar-refractivity contribution < 1.29 is 14.7 Å². The van der Waals surface area contributed by atoms with Gasteiger partial charge in [-0.25, -0.2) is 14.6 Å². The highest BCUT2D eigenvalue weighted by atomic mass is 16.4. The molecule has 8 heteroatoms. The third kappa shape index (κ3) is 3.27. The lowest BCUT2D eigenvalue weighted by atomic mass is 9.74. The van der Waals surface area contributed by atoms with Gasteiger partial charge >= 0.3 is 5.97 Å². The molecule has 8 nitrogen and oxygen atoms in total. The highest BCUT2D eigenvalue weighted by molar-refractivity contribution is 5.94. The minimum absolute atomic E-state index is 0.145. The van der Waals surface area contributed by atoms with Crippen LogP contribution in [-0.4, -0.2) is 43.3 Å². The summed E-state index contributed by atoms with van der Waals surface area (Å²) in [4.78, 5) is 31.9. The molecule has 1 fully saturated rings. The summed E-state index contributed by atoms with van der Waals surface area (Å²) in [5, 5.41) is 16.2. The molecule has 2 heterocycles. The van der Waals surface area contributed by atoms with Crippen LogP contribution in [-0.2, 0) is 4.79 Å². The SMILES string of the molecule is O=C(NCC1(C(=O)O)CCCCC1)c1ccc(-n2cncn2)nc1. The van der Waals surface area contributed by atoms with Gasteiger partial charge in [0.2, 0.25) is 0 Å². The summed E-state index contributed by atoms with van der Waals surface area (Å²) in [5.41, 5.74) is -0.461. The van der Waals surface area contributed by atoms with Crippen molar-refractivity contribution in [3.05, 3.63) is 36.5 Å². The summed E-state index contributed by atoms with van der Waals surface area (Å²) in [6, 6.07) is 3.30. The van der Waals surface area contributed by atoms with E-state index in [1.54, 1.807) is 12.1 Å². The molecule has 3 rings (SSSR count). The van der Waals surface area contributed by atoms with E-state index >= 15 is 0 Å². The maximum atomic E-state index is 12.3. The second kappa shape index (κ2) is 6.77. The van der Waals surface area contributed by atoms with Gasteiger partial charge in [0.15, 0.2) is 5.82 Å². The lowest BCUT2D eigenvalue weighted by molar-refractivity contribution is -0.150. The van der Waals surface area contributed by atoms with Crippen molar-refractivity contribution in [2.24, 2.45) is 5.41 Å². The summed E-state index contributed by atoms with van der Waals surface area (Å²) >= 11 is 0. The Hall–Kier alpha value is -2.77. The van der Waals surface area contributed by atoms with Crippen LogP contribution in [0.2, 0.25) is 0 Å². The molecule has 0 spiro atoms. The summed E-state index contributed by atoms with van der Waals surface area (Å²) in [5.74, 6) is -0.598. The first-order chi connectivity index (χ1) is 11.6. The molecule has 2 N–H and O–H groups in total. The molecular weight excluding hydrogens is 310 g/mol. The molecule has 1 aliphatic rings. The molecule has 24 heavy (non-hydrogen) atoms. The lowest BCUT2D eigenvalue weighted by Crippen LogP contribution is -2.44. The number of aromatic nitrogens is 4. The number of rotatable bonds is 5. The Morgan fingerprint density at radius 3 is 2.62 bits per heavy atom. The Morgan fingerprint density at radius 2 is 2.04 bits per heavy atom. The largest absolute Gasteiger partial charge is 0.481 e. The molecule has 0 radical (unpaired) electrons. The van der Waals surface area contributed by atoms with Crippen LogP contribution in [0.15, 0.2) is 31.0 Å². The van der Waals surface area contributed by atoms with E-state index in [1.807, 2.05) is 0 Å². The Balaban J connectivity index is 1.65. The number of nitrogens with one attached hydrogen (secondary N) is 1. The molecule has 0 bridgehead atoms. The molecule has 126 valence electrons. The second-order valence-corrected chi connectivity index (χ2v) is 6.07. The average Bonchev–Trinajstić information content (AvgIpc) is 3.15. The molecule has 0 unspecified atom stereocenters. The Kier molecular flexibility index (Phi) is 4.54. The Bertz CT molecular complexity index is 706. The number of carboxylic acid groups (broad SMARTS) is 1. The predicted octanol–water partition coefficient (Wildman–Crippen LogP) is 1.43. The highest BCUT2D eigenvalue weighted by Crippen LogP contribution is 2.36. The number of nitrogens with zero attached hydrogens (tertiary/aromatic N) is 4.